The van der Waals surface area contributed by atoms with Crippen LogP contribution in [0.15, 0.2) is 48.8 Å². The number of carbonyl (C=O) groups is 1. The fraction of sp³-hybridized carbons (Fsp3) is 0.455. The lowest BCUT2D eigenvalue weighted by Crippen LogP contribution is -2.42. The molecule has 1 aromatic heterocycles. The average molecular weight is 367 g/mol. The summed E-state index contributed by atoms with van der Waals surface area (Å²) in [6.45, 7) is 3.28. The second-order valence-electron chi connectivity index (χ2n) is 7.90. The molecule has 3 heterocycles. The second-order valence-corrected chi connectivity index (χ2v) is 7.90. The highest BCUT2D eigenvalue weighted by molar-refractivity contribution is 5.79. The maximum Gasteiger partial charge on any atom is 0.223 e. The number of halogens is 1. The van der Waals surface area contributed by atoms with Gasteiger partial charge in [0.15, 0.2) is 5.82 Å². The highest BCUT2D eigenvalue weighted by Crippen LogP contribution is 2.42. The van der Waals surface area contributed by atoms with Crippen LogP contribution in [-0.2, 0) is 11.2 Å². The molecule has 2 aromatic rings. The Balaban J connectivity index is 1.31. The molecule has 4 rings (SSSR count). The lowest BCUT2D eigenvalue weighted by atomic mass is 9.77. The minimum Gasteiger partial charge on any atom is -0.369 e. The number of aryl methyl sites for hydroxylation is 1. The molecular formula is C22H26FN3O. The lowest BCUT2D eigenvalue weighted by molar-refractivity contribution is -0.127. The van der Waals surface area contributed by atoms with E-state index in [4.69, 9.17) is 0 Å². The molecule has 0 unspecified atom stereocenters. The fourth-order valence-electron chi connectivity index (χ4n) is 4.49. The number of pyridine rings is 1. The zero-order valence-corrected chi connectivity index (χ0v) is 15.6. The summed E-state index contributed by atoms with van der Waals surface area (Å²) in [6, 6.07) is 12.2. The number of likely N-dealkylation sites (tertiary alicyclic amines) is 1. The first-order valence-corrected chi connectivity index (χ1v) is 9.81. The molecule has 27 heavy (non-hydrogen) atoms. The number of carbonyl (C=O) groups excluding carboxylic acids is 1. The maximum atomic E-state index is 14.0. The van der Waals surface area contributed by atoms with E-state index >= 15 is 0 Å². The minimum absolute atomic E-state index is 0.0733. The number of rotatable bonds is 5. The van der Waals surface area contributed by atoms with Gasteiger partial charge < -0.3 is 9.80 Å². The summed E-state index contributed by atoms with van der Waals surface area (Å²) in [5.74, 6) is 0.0186. The van der Waals surface area contributed by atoms with E-state index in [0.29, 0.717) is 12.1 Å². The molecule has 0 atom stereocenters. The number of hydrogen-bond acceptors (Lipinski definition) is 3. The third kappa shape index (κ3) is 3.97. The van der Waals surface area contributed by atoms with Gasteiger partial charge in [-0.2, -0.15) is 0 Å². The zero-order chi connectivity index (χ0) is 18.7. The largest absolute Gasteiger partial charge is 0.369 e. The Hall–Kier alpha value is -2.43. The fourth-order valence-corrected chi connectivity index (χ4v) is 4.49. The molecule has 2 saturated heterocycles. The van der Waals surface area contributed by atoms with Crippen molar-refractivity contribution in [3.8, 4) is 0 Å². The van der Waals surface area contributed by atoms with Crippen molar-refractivity contribution in [3.05, 3.63) is 60.2 Å². The van der Waals surface area contributed by atoms with Gasteiger partial charge in [-0.1, -0.05) is 30.3 Å². The van der Waals surface area contributed by atoms with Crippen molar-refractivity contribution < 1.29 is 9.18 Å². The van der Waals surface area contributed by atoms with Crippen molar-refractivity contribution in [2.45, 2.75) is 32.1 Å². The summed E-state index contributed by atoms with van der Waals surface area (Å²) in [6.07, 6.45) is 7.44. The molecule has 2 aliphatic heterocycles. The van der Waals surface area contributed by atoms with Gasteiger partial charge in [0, 0.05) is 44.2 Å². The predicted octanol–water partition coefficient (Wildman–Crippen LogP) is 3.67. The molecule has 0 bridgehead atoms. The number of aromatic nitrogens is 1. The van der Waals surface area contributed by atoms with Crippen LogP contribution in [0.3, 0.4) is 0 Å². The molecule has 2 aliphatic rings. The van der Waals surface area contributed by atoms with E-state index in [1.165, 1.54) is 11.8 Å². The molecule has 0 radical (unpaired) electrons. The van der Waals surface area contributed by atoms with Crippen molar-refractivity contribution in [2.24, 2.45) is 5.41 Å². The summed E-state index contributed by atoms with van der Waals surface area (Å²) < 4.78 is 14.0. The Morgan fingerprint density at radius 1 is 1.11 bits per heavy atom. The van der Waals surface area contributed by atoms with Gasteiger partial charge in [-0.25, -0.2) is 4.39 Å². The Morgan fingerprint density at radius 2 is 1.89 bits per heavy atom. The number of piperidine rings is 1. The molecule has 0 saturated carbocycles. The summed E-state index contributed by atoms with van der Waals surface area (Å²) in [4.78, 5) is 20.5. The number of anilines is 1. The Morgan fingerprint density at radius 3 is 2.63 bits per heavy atom. The van der Waals surface area contributed by atoms with Crippen LogP contribution in [0.5, 0.6) is 0 Å². The summed E-state index contributed by atoms with van der Waals surface area (Å²) >= 11 is 0. The van der Waals surface area contributed by atoms with E-state index in [-0.39, 0.29) is 17.1 Å². The van der Waals surface area contributed by atoms with Crippen LogP contribution < -0.4 is 4.90 Å². The molecule has 142 valence electrons. The molecule has 1 spiro atoms. The Bertz CT molecular complexity index is 787. The molecular weight excluding hydrogens is 341 g/mol. The van der Waals surface area contributed by atoms with E-state index in [0.717, 1.165) is 51.9 Å². The van der Waals surface area contributed by atoms with Gasteiger partial charge in [0.1, 0.15) is 0 Å². The van der Waals surface area contributed by atoms with Crippen molar-refractivity contribution in [1.82, 2.24) is 9.88 Å². The predicted molar refractivity (Wildman–Crippen MR) is 104 cm³/mol. The smallest absolute Gasteiger partial charge is 0.223 e. The van der Waals surface area contributed by atoms with Crippen LogP contribution >= 0.6 is 0 Å². The summed E-state index contributed by atoms with van der Waals surface area (Å²) in [5.41, 5.74) is 2.03. The van der Waals surface area contributed by atoms with Crippen molar-refractivity contribution in [2.75, 3.05) is 31.1 Å². The standard InChI is InChI=1S/C22H26FN3O/c23-19-16-24-11-8-20(19)25-13-9-22(10-14-25)15-21(27)26(17-22)12-4-7-18-5-2-1-3-6-18/h1-3,5-6,8,11,16H,4,7,9-10,12-15,17H2. The van der Waals surface area contributed by atoms with E-state index in [2.05, 4.69) is 34.1 Å². The highest BCUT2D eigenvalue weighted by atomic mass is 19.1. The van der Waals surface area contributed by atoms with E-state index in [1.807, 2.05) is 11.0 Å². The third-order valence-corrected chi connectivity index (χ3v) is 6.06. The van der Waals surface area contributed by atoms with Crippen LogP contribution in [0, 0.1) is 11.2 Å². The van der Waals surface area contributed by atoms with Gasteiger partial charge in [0.2, 0.25) is 5.91 Å². The molecule has 0 aliphatic carbocycles. The molecule has 2 fully saturated rings. The molecule has 5 heteroatoms. The highest BCUT2D eigenvalue weighted by Gasteiger charge is 2.44. The van der Waals surface area contributed by atoms with Gasteiger partial charge in [-0.05, 0) is 37.3 Å². The monoisotopic (exact) mass is 367 g/mol. The summed E-state index contributed by atoms with van der Waals surface area (Å²) in [7, 11) is 0. The SMILES string of the molecule is O=C1CC2(CCN(c3ccncc3F)CC2)CN1CCCc1ccccc1. The normalized spacial score (nSPS) is 19.1. The van der Waals surface area contributed by atoms with Gasteiger partial charge in [0.05, 0.1) is 11.9 Å². The van der Waals surface area contributed by atoms with Gasteiger partial charge in [0.25, 0.3) is 0 Å². The Labute approximate surface area is 160 Å². The number of nitrogens with zero attached hydrogens (tertiary/aromatic N) is 3. The second kappa shape index (κ2) is 7.67. The van der Waals surface area contributed by atoms with Crippen molar-refractivity contribution >= 4 is 11.6 Å². The van der Waals surface area contributed by atoms with Crippen LogP contribution in [0.4, 0.5) is 10.1 Å². The lowest BCUT2D eigenvalue weighted by Gasteiger charge is -2.40. The van der Waals surface area contributed by atoms with Gasteiger partial charge in [-0.3, -0.25) is 9.78 Å². The average Bonchev–Trinajstić information content (AvgIpc) is 2.99. The number of benzene rings is 1. The van der Waals surface area contributed by atoms with Crippen LogP contribution in [-0.4, -0.2) is 42.0 Å². The minimum atomic E-state index is -0.265. The van der Waals surface area contributed by atoms with E-state index in [1.54, 1.807) is 12.3 Å². The Kier molecular flexibility index (Phi) is 5.10. The molecule has 1 aromatic carbocycles. The topological polar surface area (TPSA) is 36.4 Å². The quantitative estimate of drug-likeness (QED) is 0.809. The molecule has 4 nitrogen and oxygen atoms in total. The molecule has 0 N–H and O–H groups in total. The maximum absolute atomic E-state index is 14.0. The summed E-state index contributed by atoms with van der Waals surface area (Å²) in [5, 5.41) is 0. The number of hydrogen-bond donors (Lipinski definition) is 0. The van der Waals surface area contributed by atoms with Gasteiger partial charge in [-0.15, -0.1) is 0 Å². The zero-order valence-electron chi connectivity index (χ0n) is 15.6. The first-order valence-electron chi connectivity index (χ1n) is 9.81. The first-order chi connectivity index (χ1) is 13.2. The van der Waals surface area contributed by atoms with E-state index in [9.17, 15) is 9.18 Å². The van der Waals surface area contributed by atoms with Crippen LogP contribution in [0.25, 0.3) is 0 Å². The molecule has 1 amide bonds. The van der Waals surface area contributed by atoms with Gasteiger partial charge >= 0.3 is 0 Å². The van der Waals surface area contributed by atoms with Crippen molar-refractivity contribution in [1.29, 1.82) is 0 Å². The van der Waals surface area contributed by atoms with Crippen LogP contribution in [0.1, 0.15) is 31.2 Å². The first kappa shape index (κ1) is 18.0. The third-order valence-electron chi connectivity index (χ3n) is 6.06. The van der Waals surface area contributed by atoms with E-state index < -0.39 is 0 Å². The van der Waals surface area contributed by atoms with Crippen molar-refractivity contribution in [3.63, 3.8) is 0 Å². The number of amides is 1. The van der Waals surface area contributed by atoms with Crippen LogP contribution in [0.2, 0.25) is 0 Å².